The summed E-state index contributed by atoms with van der Waals surface area (Å²) in [5.41, 5.74) is 1.39. The number of thioether (sulfide) groups is 1. The molecule has 2 heterocycles. The van der Waals surface area contributed by atoms with Gasteiger partial charge < -0.3 is 10.1 Å². The van der Waals surface area contributed by atoms with E-state index in [1.54, 1.807) is 0 Å². The summed E-state index contributed by atoms with van der Waals surface area (Å²) in [4.78, 5) is 0. The first kappa shape index (κ1) is 13.4. The van der Waals surface area contributed by atoms with Crippen molar-refractivity contribution in [1.29, 1.82) is 0 Å². The van der Waals surface area contributed by atoms with Crippen LogP contribution in [0, 0.1) is 0 Å². The van der Waals surface area contributed by atoms with E-state index in [4.69, 9.17) is 4.74 Å². The Hall–Kier alpha value is -0.550. The van der Waals surface area contributed by atoms with Gasteiger partial charge in [-0.2, -0.15) is 11.8 Å². The van der Waals surface area contributed by atoms with Crippen LogP contribution in [-0.2, 0) is 4.74 Å². The van der Waals surface area contributed by atoms with E-state index in [0.29, 0.717) is 6.04 Å². The van der Waals surface area contributed by atoms with Crippen LogP contribution in [0.2, 0.25) is 0 Å². The first-order valence-electron chi connectivity index (χ1n) is 6.79. The SMILES string of the molecule is CCNC(c1cccc2ccsc12)C1CSCCO1. The number of benzene rings is 1. The van der Waals surface area contributed by atoms with Crippen LogP contribution in [0.15, 0.2) is 29.6 Å². The maximum Gasteiger partial charge on any atom is 0.0860 e. The van der Waals surface area contributed by atoms with E-state index in [1.165, 1.54) is 15.6 Å². The van der Waals surface area contributed by atoms with E-state index in [2.05, 4.69) is 41.9 Å². The lowest BCUT2D eigenvalue weighted by Gasteiger charge is -2.31. The Morgan fingerprint density at radius 2 is 2.37 bits per heavy atom. The van der Waals surface area contributed by atoms with Crippen molar-refractivity contribution < 1.29 is 4.74 Å². The average Bonchev–Trinajstić information content (AvgIpc) is 2.94. The molecule has 1 fully saturated rings. The molecule has 1 saturated heterocycles. The molecule has 2 unspecified atom stereocenters. The third-order valence-corrected chi connectivity index (χ3v) is 5.48. The monoisotopic (exact) mass is 293 g/mol. The zero-order chi connectivity index (χ0) is 13.1. The Balaban J connectivity index is 1.96. The van der Waals surface area contributed by atoms with Crippen LogP contribution in [0.5, 0.6) is 0 Å². The van der Waals surface area contributed by atoms with Gasteiger partial charge in [0.05, 0.1) is 18.8 Å². The first-order chi connectivity index (χ1) is 9.40. The molecular weight excluding hydrogens is 274 g/mol. The molecule has 2 nitrogen and oxygen atoms in total. The number of likely N-dealkylation sites (N-methyl/N-ethyl adjacent to an activating group) is 1. The number of fused-ring (bicyclic) bond motifs is 1. The van der Waals surface area contributed by atoms with Gasteiger partial charge in [-0.25, -0.2) is 0 Å². The minimum atomic E-state index is 0.284. The van der Waals surface area contributed by atoms with E-state index in [-0.39, 0.29) is 6.10 Å². The maximum absolute atomic E-state index is 5.99. The first-order valence-corrected chi connectivity index (χ1v) is 8.82. The summed E-state index contributed by atoms with van der Waals surface area (Å²) in [6, 6.07) is 9.09. The minimum absolute atomic E-state index is 0.284. The highest BCUT2D eigenvalue weighted by Gasteiger charge is 2.27. The Kier molecular flexibility index (Phi) is 4.43. The molecule has 3 rings (SSSR count). The van der Waals surface area contributed by atoms with E-state index in [1.807, 2.05) is 23.1 Å². The predicted molar refractivity (Wildman–Crippen MR) is 85.3 cm³/mol. The highest BCUT2D eigenvalue weighted by molar-refractivity contribution is 7.99. The average molecular weight is 293 g/mol. The normalized spacial score (nSPS) is 21.6. The number of ether oxygens (including phenoxy) is 1. The van der Waals surface area contributed by atoms with Gasteiger partial charge >= 0.3 is 0 Å². The van der Waals surface area contributed by atoms with Gasteiger partial charge in [-0.1, -0.05) is 25.1 Å². The van der Waals surface area contributed by atoms with Crippen LogP contribution in [0.1, 0.15) is 18.5 Å². The standard InChI is InChI=1S/C15H19NOS2/c1-2-16-14(13-10-18-9-7-17-13)12-5-3-4-11-6-8-19-15(11)12/h3-6,8,13-14,16H,2,7,9-10H2,1H3. The Labute approximate surface area is 122 Å². The highest BCUT2D eigenvalue weighted by Crippen LogP contribution is 2.33. The molecule has 1 aromatic carbocycles. The molecule has 0 aliphatic carbocycles. The largest absolute Gasteiger partial charge is 0.375 e. The molecule has 2 aromatic rings. The summed E-state index contributed by atoms with van der Waals surface area (Å²) in [5.74, 6) is 2.21. The maximum atomic E-state index is 5.99. The lowest BCUT2D eigenvalue weighted by atomic mass is 10.0. The molecular formula is C15H19NOS2. The van der Waals surface area contributed by atoms with Gasteiger partial charge in [0.15, 0.2) is 0 Å². The van der Waals surface area contributed by atoms with Crippen molar-refractivity contribution in [2.75, 3.05) is 24.7 Å². The van der Waals surface area contributed by atoms with Crippen molar-refractivity contribution >= 4 is 33.2 Å². The molecule has 2 atom stereocenters. The van der Waals surface area contributed by atoms with Gasteiger partial charge in [0, 0.05) is 16.2 Å². The van der Waals surface area contributed by atoms with Crippen molar-refractivity contribution in [3.8, 4) is 0 Å². The summed E-state index contributed by atoms with van der Waals surface area (Å²) < 4.78 is 7.39. The third kappa shape index (κ3) is 2.82. The Bertz CT molecular complexity index is 534. The van der Waals surface area contributed by atoms with Gasteiger partial charge in [-0.05, 0) is 28.9 Å². The van der Waals surface area contributed by atoms with E-state index in [9.17, 15) is 0 Å². The van der Waals surface area contributed by atoms with Crippen LogP contribution in [-0.4, -0.2) is 30.8 Å². The third-order valence-electron chi connectivity index (χ3n) is 3.48. The van der Waals surface area contributed by atoms with Gasteiger partial charge in [-0.15, -0.1) is 11.3 Å². The van der Waals surface area contributed by atoms with Gasteiger partial charge in [-0.3, -0.25) is 0 Å². The molecule has 1 aliphatic heterocycles. The molecule has 1 aromatic heterocycles. The number of nitrogens with one attached hydrogen (secondary N) is 1. The number of hydrogen-bond donors (Lipinski definition) is 1. The zero-order valence-corrected chi connectivity index (χ0v) is 12.7. The number of hydrogen-bond acceptors (Lipinski definition) is 4. The second-order valence-electron chi connectivity index (χ2n) is 4.71. The van der Waals surface area contributed by atoms with E-state index in [0.717, 1.165) is 24.7 Å². The lowest BCUT2D eigenvalue weighted by molar-refractivity contribution is 0.0476. The molecule has 0 bridgehead atoms. The van der Waals surface area contributed by atoms with Gasteiger partial charge in [0.2, 0.25) is 0 Å². The molecule has 4 heteroatoms. The Morgan fingerprint density at radius 1 is 1.42 bits per heavy atom. The molecule has 102 valence electrons. The number of rotatable bonds is 4. The minimum Gasteiger partial charge on any atom is -0.375 e. The van der Waals surface area contributed by atoms with Crippen LogP contribution < -0.4 is 5.32 Å². The smallest absolute Gasteiger partial charge is 0.0860 e. The van der Waals surface area contributed by atoms with Crippen LogP contribution >= 0.6 is 23.1 Å². The van der Waals surface area contributed by atoms with Gasteiger partial charge in [0.25, 0.3) is 0 Å². The van der Waals surface area contributed by atoms with Crippen LogP contribution in [0.25, 0.3) is 10.1 Å². The summed E-state index contributed by atoms with van der Waals surface area (Å²) in [5, 5.41) is 7.13. The summed E-state index contributed by atoms with van der Waals surface area (Å²) >= 11 is 3.83. The quantitative estimate of drug-likeness (QED) is 0.929. The fourth-order valence-corrected chi connectivity index (χ4v) is 4.48. The van der Waals surface area contributed by atoms with Crippen molar-refractivity contribution in [3.05, 3.63) is 35.2 Å². The molecule has 0 saturated carbocycles. The molecule has 19 heavy (non-hydrogen) atoms. The fraction of sp³-hybridized carbons (Fsp3) is 0.467. The molecule has 0 amide bonds. The zero-order valence-electron chi connectivity index (χ0n) is 11.1. The fourth-order valence-electron chi connectivity index (χ4n) is 2.62. The topological polar surface area (TPSA) is 21.3 Å². The molecule has 0 radical (unpaired) electrons. The summed E-state index contributed by atoms with van der Waals surface area (Å²) in [6.07, 6.45) is 0.284. The highest BCUT2D eigenvalue weighted by atomic mass is 32.2. The Morgan fingerprint density at radius 3 is 3.16 bits per heavy atom. The summed E-state index contributed by atoms with van der Waals surface area (Å²) in [6.45, 7) is 4.01. The van der Waals surface area contributed by atoms with Crippen LogP contribution in [0.4, 0.5) is 0 Å². The van der Waals surface area contributed by atoms with Crippen molar-refractivity contribution in [3.63, 3.8) is 0 Å². The van der Waals surface area contributed by atoms with Crippen molar-refractivity contribution in [1.82, 2.24) is 5.32 Å². The van der Waals surface area contributed by atoms with Crippen molar-refractivity contribution in [2.24, 2.45) is 0 Å². The van der Waals surface area contributed by atoms with Gasteiger partial charge in [0.1, 0.15) is 0 Å². The second-order valence-corrected chi connectivity index (χ2v) is 6.77. The molecule has 1 N–H and O–H groups in total. The van der Waals surface area contributed by atoms with E-state index >= 15 is 0 Å². The predicted octanol–water partition coefficient (Wildman–Crippen LogP) is 3.68. The lowest BCUT2D eigenvalue weighted by Crippen LogP contribution is -2.38. The number of thiophene rings is 1. The summed E-state index contributed by atoms with van der Waals surface area (Å²) in [7, 11) is 0. The molecule has 1 aliphatic rings. The van der Waals surface area contributed by atoms with Crippen LogP contribution in [0.3, 0.4) is 0 Å². The van der Waals surface area contributed by atoms with Crippen molar-refractivity contribution in [2.45, 2.75) is 19.1 Å². The second kappa shape index (κ2) is 6.27. The molecule has 0 spiro atoms. The van der Waals surface area contributed by atoms with E-state index < -0.39 is 0 Å².